The van der Waals surface area contributed by atoms with Gasteiger partial charge in [-0.2, -0.15) is 0 Å². The summed E-state index contributed by atoms with van der Waals surface area (Å²) in [5, 5.41) is 9.11. The van der Waals surface area contributed by atoms with Crippen molar-refractivity contribution in [1.82, 2.24) is 4.90 Å². The molecule has 2 aromatic rings. The third kappa shape index (κ3) is 5.79. The van der Waals surface area contributed by atoms with Crippen molar-refractivity contribution in [3.8, 4) is 0 Å². The van der Waals surface area contributed by atoms with Crippen molar-refractivity contribution < 1.29 is 0 Å². The first-order valence-electron chi connectivity index (χ1n) is 10.0. The predicted molar refractivity (Wildman–Crippen MR) is 139 cm³/mol. The molecule has 2 rings (SSSR count). The maximum atomic E-state index is 9.11. The van der Waals surface area contributed by atoms with Gasteiger partial charge in [-0.05, 0) is 43.5 Å². The van der Waals surface area contributed by atoms with Crippen molar-refractivity contribution in [3.05, 3.63) is 107 Å². The van der Waals surface area contributed by atoms with Gasteiger partial charge in [-0.25, -0.2) is 0 Å². The quantitative estimate of drug-likeness (QED) is 0.140. The average Bonchev–Trinajstić information content (AvgIpc) is 2.75. The Balaban J connectivity index is 2.56. The molecule has 0 radical (unpaired) electrons. The van der Waals surface area contributed by atoms with E-state index in [0.717, 1.165) is 17.1 Å². The van der Waals surface area contributed by atoms with E-state index in [9.17, 15) is 0 Å². The Hall–Kier alpha value is -2.47. The van der Waals surface area contributed by atoms with Crippen molar-refractivity contribution in [2.24, 2.45) is 4.99 Å². The number of alkyl halides is 1. The van der Waals surface area contributed by atoms with Crippen molar-refractivity contribution >= 4 is 34.3 Å². The van der Waals surface area contributed by atoms with Crippen LogP contribution in [0.2, 0.25) is 0 Å². The summed E-state index contributed by atoms with van der Waals surface area (Å²) < 4.78 is 0.369. The van der Waals surface area contributed by atoms with E-state index in [2.05, 4.69) is 66.2 Å². The fourth-order valence-corrected chi connectivity index (χ4v) is 3.99. The molecule has 2 aromatic carbocycles. The van der Waals surface area contributed by atoms with Gasteiger partial charge in [0.2, 0.25) is 0 Å². The van der Waals surface area contributed by atoms with Gasteiger partial charge in [-0.1, -0.05) is 95.9 Å². The van der Waals surface area contributed by atoms with Crippen LogP contribution in [0.4, 0.5) is 0 Å². The second-order valence-corrected chi connectivity index (χ2v) is 8.81. The number of hydrogen-bond donors (Lipinski definition) is 1. The van der Waals surface area contributed by atoms with Gasteiger partial charge in [0.15, 0.2) is 0 Å². The standard InChI is InChI=1S/C26H30IN3/c1-6-8-16-22(7-2)30(26(29-5)21-14-10-9-11-15-21)25(28)18-24-19(3)13-12-17-23(24)20(4)27/h6-17,20,28H,1,18H2,2-5H3/b16-8-,22-7+,28-25?,29-26+/t20-/m0/s1. The molecule has 0 unspecified atom stereocenters. The topological polar surface area (TPSA) is 39.5 Å². The molecular weight excluding hydrogens is 481 g/mol. The molecule has 156 valence electrons. The molecule has 0 fully saturated rings. The smallest absolute Gasteiger partial charge is 0.140 e. The minimum Gasteiger partial charge on any atom is -0.288 e. The van der Waals surface area contributed by atoms with Gasteiger partial charge in [0.05, 0.1) is 0 Å². The summed E-state index contributed by atoms with van der Waals surface area (Å²) in [6, 6.07) is 16.4. The number of amidine groups is 2. The Kier molecular flexibility index (Phi) is 9.24. The Bertz CT molecular complexity index is 969. The number of rotatable bonds is 7. The van der Waals surface area contributed by atoms with Crippen LogP contribution in [-0.2, 0) is 6.42 Å². The monoisotopic (exact) mass is 511 g/mol. The number of nitrogens with zero attached hydrogens (tertiary/aromatic N) is 2. The molecule has 0 spiro atoms. The summed E-state index contributed by atoms with van der Waals surface area (Å²) in [6.45, 7) is 10.1. The van der Waals surface area contributed by atoms with E-state index in [1.165, 1.54) is 16.7 Å². The van der Waals surface area contributed by atoms with Crippen molar-refractivity contribution in [2.75, 3.05) is 7.05 Å². The normalized spacial score (nSPS) is 13.4. The number of benzene rings is 2. The van der Waals surface area contributed by atoms with Crippen LogP contribution < -0.4 is 0 Å². The highest BCUT2D eigenvalue weighted by Crippen LogP contribution is 2.29. The number of halogens is 1. The molecule has 0 aliphatic rings. The summed E-state index contributed by atoms with van der Waals surface area (Å²) in [5.74, 6) is 1.23. The summed E-state index contributed by atoms with van der Waals surface area (Å²) in [4.78, 5) is 6.51. The molecule has 0 saturated heterocycles. The zero-order chi connectivity index (χ0) is 22.1. The highest BCUT2D eigenvalue weighted by atomic mass is 127. The van der Waals surface area contributed by atoms with Gasteiger partial charge in [0.1, 0.15) is 11.7 Å². The van der Waals surface area contributed by atoms with E-state index < -0.39 is 0 Å². The molecule has 0 heterocycles. The van der Waals surface area contributed by atoms with E-state index in [1.54, 1.807) is 13.1 Å². The summed E-state index contributed by atoms with van der Waals surface area (Å²) in [6.07, 6.45) is 8.13. The molecule has 3 nitrogen and oxygen atoms in total. The SMILES string of the molecule is C=C/C=C\C(=C/C)N(C(=N)Cc1c(C)cccc1[C@H](C)I)/C(=N/C)c1ccccc1. The lowest BCUT2D eigenvalue weighted by Gasteiger charge is -2.29. The lowest BCUT2D eigenvalue weighted by Crippen LogP contribution is -2.37. The Labute approximate surface area is 194 Å². The average molecular weight is 511 g/mol. The largest absolute Gasteiger partial charge is 0.288 e. The number of hydrogen-bond acceptors (Lipinski definition) is 2. The Morgan fingerprint density at radius 2 is 1.90 bits per heavy atom. The lowest BCUT2D eigenvalue weighted by molar-refractivity contribution is 0.744. The Morgan fingerprint density at radius 1 is 1.20 bits per heavy atom. The number of allylic oxidation sites excluding steroid dienone is 4. The van der Waals surface area contributed by atoms with Crippen LogP contribution in [0.3, 0.4) is 0 Å². The first kappa shape index (κ1) is 23.8. The van der Waals surface area contributed by atoms with Crippen LogP contribution in [0.15, 0.2) is 90.1 Å². The van der Waals surface area contributed by atoms with E-state index in [0.29, 0.717) is 16.2 Å². The van der Waals surface area contributed by atoms with Crippen LogP contribution in [0.25, 0.3) is 0 Å². The number of aryl methyl sites for hydroxylation is 1. The molecular formula is C26H30IN3. The molecule has 30 heavy (non-hydrogen) atoms. The van der Waals surface area contributed by atoms with E-state index in [-0.39, 0.29) is 0 Å². The first-order chi connectivity index (χ1) is 14.4. The molecule has 0 amide bonds. The second-order valence-electron chi connectivity index (χ2n) is 6.94. The fourth-order valence-electron chi connectivity index (χ4n) is 3.40. The van der Waals surface area contributed by atoms with Crippen LogP contribution >= 0.6 is 22.6 Å². The van der Waals surface area contributed by atoms with E-state index >= 15 is 0 Å². The van der Waals surface area contributed by atoms with Crippen LogP contribution in [-0.4, -0.2) is 23.6 Å². The summed E-state index contributed by atoms with van der Waals surface area (Å²) in [5.41, 5.74) is 5.56. The predicted octanol–water partition coefficient (Wildman–Crippen LogP) is 7.04. The maximum absolute atomic E-state index is 9.11. The third-order valence-electron chi connectivity index (χ3n) is 4.90. The van der Waals surface area contributed by atoms with Crippen LogP contribution in [0.5, 0.6) is 0 Å². The molecule has 1 N–H and O–H groups in total. The highest BCUT2D eigenvalue weighted by molar-refractivity contribution is 14.1. The summed E-state index contributed by atoms with van der Waals surface area (Å²) in [7, 11) is 1.78. The zero-order valence-corrected chi connectivity index (χ0v) is 20.3. The van der Waals surface area contributed by atoms with Crippen molar-refractivity contribution in [1.29, 1.82) is 5.41 Å². The van der Waals surface area contributed by atoms with Crippen molar-refractivity contribution in [2.45, 2.75) is 31.1 Å². The highest BCUT2D eigenvalue weighted by Gasteiger charge is 2.22. The minimum absolute atomic E-state index is 0.369. The van der Waals surface area contributed by atoms with Gasteiger partial charge in [-0.3, -0.25) is 15.3 Å². The lowest BCUT2D eigenvalue weighted by atomic mass is 9.96. The number of aliphatic imine (C=N–C) groups is 1. The van der Waals surface area contributed by atoms with Gasteiger partial charge in [-0.15, -0.1) is 0 Å². The van der Waals surface area contributed by atoms with Crippen LogP contribution in [0.1, 0.15) is 40.0 Å². The van der Waals surface area contributed by atoms with Gasteiger partial charge in [0.25, 0.3) is 0 Å². The van der Waals surface area contributed by atoms with E-state index in [4.69, 9.17) is 5.41 Å². The fraction of sp³-hybridized carbons (Fsp3) is 0.231. The zero-order valence-electron chi connectivity index (χ0n) is 18.2. The molecule has 0 saturated carbocycles. The number of nitrogens with one attached hydrogen (secondary N) is 1. The van der Waals surface area contributed by atoms with Gasteiger partial charge in [0, 0.05) is 28.7 Å². The molecule has 0 aliphatic carbocycles. The Morgan fingerprint density at radius 3 is 2.47 bits per heavy atom. The minimum atomic E-state index is 0.369. The molecule has 4 heteroatoms. The summed E-state index contributed by atoms with van der Waals surface area (Å²) >= 11 is 2.44. The second kappa shape index (κ2) is 11.6. The molecule has 0 aliphatic heterocycles. The van der Waals surface area contributed by atoms with Gasteiger partial charge < -0.3 is 0 Å². The van der Waals surface area contributed by atoms with E-state index in [1.807, 2.05) is 60.4 Å². The molecule has 0 bridgehead atoms. The first-order valence-corrected chi connectivity index (χ1v) is 11.3. The third-order valence-corrected chi connectivity index (χ3v) is 5.57. The van der Waals surface area contributed by atoms with Gasteiger partial charge >= 0.3 is 0 Å². The maximum Gasteiger partial charge on any atom is 0.140 e. The van der Waals surface area contributed by atoms with Crippen LogP contribution in [0, 0.1) is 12.3 Å². The molecule has 1 atom stereocenters. The molecule has 0 aromatic heterocycles. The van der Waals surface area contributed by atoms with Crippen molar-refractivity contribution in [3.63, 3.8) is 0 Å².